The zero-order valence-electron chi connectivity index (χ0n) is 9.83. The normalized spacial score (nSPS) is 13.9. The summed E-state index contributed by atoms with van der Waals surface area (Å²) in [5.41, 5.74) is 6.84. The van der Waals surface area contributed by atoms with Gasteiger partial charge in [-0.1, -0.05) is 19.9 Å². The molecule has 3 nitrogen and oxygen atoms in total. The third kappa shape index (κ3) is 3.01. The molecule has 0 radical (unpaired) electrons. The summed E-state index contributed by atoms with van der Waals surface area (Å²) < 4.78 is 0. The number of nitrogens with zero attached hydrogens (tertiary/aromatic N) is 1. The van der Waals surface area contributed by atoms with E-state index in [1.165, 1.54) is 0 Å². The molecule has 3 N–H and O–H groups in total. The molecule has 15 heavy (non-hydrogen) atoms. The van der Waals surface area contributed by atoms with Gasteiger partial charge in [0.2, 0.25) is 0 Å². The fourth-order valence-electron chi connectivity index (χ4n) is 2.00. The minimum Gasteiger partial charge on any atom is -0.330 e. The molecule has 1 rings (SSSR count). The number of nitrogens with one attached hydrogen (secondary N) is 1. The van der Waals surface area contributed by atoms with Gasteiger partial charge >= 0.3 is 0 Å². The molecule has 0 amide bonds. The highest BCUT2D eigenvalue weighted by atomic mass is 14.9. The van der Waals surface area contributed by atoms with Crippen LogP contribution in [0.15, 0.2) is 24.4 Å². The van der Waals surface area contributed by atoms with Gasteiger partial charge in [0.15, 0.2) is 0 Å². The van der Waals surface area contributed by atoms with Crippen molar-refractivity contribution in [3.05, 3.63) is 30.1 Å². The van der Waals surface area contributed by atoms with Gasteiger partial charge in [0, 0.05) is 6.20 Å². The molecule has 0 spiro atoms. The maximum absolute atomic E-state index is 5.64. The lowest BCUT2D eigenvalue weighted by Gasteiger charge is -2.33. The molecular formula is C12H21N3. The number of nitrogens with two attached hydrogens (primary N) is 1. The molecule has 1 atom stereocenters. The average Bonchev–Trinajstić information content (AvgIpc) is 2.19. The van der Waals surface area contributed by atoms with Gasteiger partial charge < -0.3 is 11.1 Å². The fourth-order valence-corrected chi connectivity index (χ4v) is 2.00. The fraction of sp³-hybridized carbons (Fsp3) is 0.583. The third-order valence-electron chi connectivity index (χ3n) is 2.84. The zero-order valence-corrected chi connectivity index (χ0v) is 9.83. The molecule has 84 valence electrons. The molecule has 1 aromatic heterocycles. The summed E-state index contributed by atoms with van der Waals surface area (Å²) in [5, 5.41) is 3.33. The van der Waals surface area contributed by atoms with Crippen LogP contribution in [0.4, 0.5) is 0 Å². The van der Waals surface area contributed by atoms with E-state index in [9.17, 15) is 0 Å². The number of pyridine rings is 1. The van der Waals surface area contributed by atoms with Gasteiger partial charge in [-0.15, -0.1) is 0 Å². The van der Waals surface area contributed by atoms with Crippen molar-refractivity contribution in [1.82, 2.24) is 10.3 Å². The van der Waals surface area contributed by atoms with Gasteiger partial charge in [-0.05, 0) is 37.6 Å². The molecule has 0 aliphatic rings. The SMILES string of the molecule is CNC(c1ccccn1)C(C)(C)CCN. The first-order valence-electron chi connectivity index (χ1n) is 5.40. The first-order chi connectivity index (χ1) is 7.11. The molecule has 0 fully saturated rings. The first-order valence-corrected chi connectivity index (χ1v) is 5.40. The Morgan fingerprint density at radius 2 is 2.20 bits per heavy atom. The summed E-state index contributed by atoms with van der Waals surface area (Å²) in [4.78, 5) is 4.40. The summed E-state index contributed by atoms with van der Waals surface area (Å²) >= 11 is 0. The van der Waals surface area contributed by atoms with Crippen molar-refractivity contribution in [3.63, 3.8) is 0 Å². The largest absolute Gasteiger partial charge is 0.330 e. The van der Waals surface area contributed by atoms with Crippen LogP contribution in [0.2, 0.25) is 0 Å². The Morgan fingerprint density at radius 1 is 1.47 bits per heavy atom. The number of hydrogen-bond donors (Lipinski definition) is 2. The Hall–Kier alpha value is -0.930. The van der Waals surface area contributed by atoms with Crippen LogP contribution in [0, 0.1) is 5.41 Å². The molecule has 1 unspecified atom stereocenters. The van der Waals surface area contributed by atoms with Crippen LogP contribution in [0.3, 0.4) is 0 Å². The summed E-state index contributed by atoms with van der Waals surface area (Å²) in [6.07, 6.45) is 2.81. The maximum atomic E-state index is 5.64. The van der Waals surface area contributed by atoms with E-state index < -0.39 is 0 Å². The number of hydrogen-bond acceptors (Lipinski definition) is 3. The van der Waals surface area contributed by atoms with Crippen molar-refractivity contribution in [2.45, 2.75) is 26.3 Å². The Bertz CT molecular complexity index is 282. The van der Waals surface area contributed by atoms with Crippen molar-refractivity contribution in [3.8, 4) is 0 Å². The molecule has 0 aliphatic heterocycles. The smallest absolute Gasteiger partial charge is 0.0578 e. The highest BCUT2D eigenvalue weighted by Gasteiger charge is 2.29. The Labute approximate surface area is 92.1 Å². The highest BCUT2D eigenvalue weighted by Crippen LogP contribution is 2.34. The van der Waals surface area contributed by atoms with Crippen molar-refractivity contribution in [2.75, 3.05) is 13.6 Å². The third-order valence-corrected chi connectivity index (χ3v) is 2.84. The van der Waals surface area contributed by atoms with E-state index >= 15 is 0 Å². The van der Waals surface area contributed by atoms with Crippen molar-refractivity contribution >= 4 is 0 Å². The summed E-state index contributed by atoms with van der Waals surface area (Å²) in [6, 6.07) is 6.26. The van der Waals surface area contributed by atoms with Crippen LogP contribution in [-0.4, -0.2) is 18.6 Å². The van der Waals surface area contributed by atoms with Gasteiger partial charge in [0.25, 0.3) is 0 Å². The van der Waals surface area contributed by atoms with Crippen molar-refractivity contribution in [2.24, 2.45) is 11.1 Å². The molecule has 0 saturated heterocycles. The lowest BCUT2D eigenvalue weighted by atomic mass is 9.79. The van der Waals surface area contributed by atoms with Gasteiger partial charge in [-0.25, -0.2) is 0 Å². The molecule has 0 bridgehead atoms. The lowest BCUT2D eigenvalue weighted by molar-refractivity contribution is 0.235. The quantitative estimate of drug-likeness (QED) is 0.773. The van der Waals surface area contributed by atoms with Gasteiger partial charge in [-0.2, -0.15) is 0 Å². The second kappa shape index (κ2) is 5.24. The van der Waals surface area contributed by atoms with Gasteiger partial charge in [0.1, 0.15) is 0 Å². The average molecular weight is 207 g/mol. The van der Waals surface area contributed by atoms with Gasteiger partial charge in [0.05, 0.1) is 11.7 Å². The van der Waals surface area contributed by atoms with E-state index in [1.54, 1.807) is 0 Å². The molecule has 0 aromatic carbocycles. The van der Waals surface area contributed by atoms with Crippen LogP contribution in [0.1, 0.15) is 32.0 Å². The van der Waals surface area contributed by atoms with E-state index in [1.807, 2.05) is 25.4 Å². The highest BCUT2D eigenvalue weighted by molar-refractivity contribution is 5.11. The Kier molecular flexibility index (Phi) is 4.24. The Balaban J connectivity index is 2.89. The molecule has 3 heteroatoms. The lowest BCUT2D eigenvalue weighted by Crippen LogP contribution is -2.34. The molecule has 1 heterocycles. The molecular weight excluding hydrogens is 186 g/mol. The van der Waals surface area contributed by atoms with Crippen molar-refractivity contribution < 1.29 is 0 Å². The van der Waals surface area contributed by atoms with Crippen LogP contribution in [0.25, 0.3) is 0 Å². The van der Waals surface area contributed by atoms with Gasteiger partial charge in [-0.3, -0.25) is 4.98 Å². The van der Waals surface area contributed by atoms with E-state index in [-0.39, 0.29) is 11.5 Å². The predicted octanol–water partition coefficient (Wildman–Crippen LogP) is 1.72. The predicted molar refractivity (Wildman–Crippen MR) is 63.5 cm³/mol. The number of aromatic nitrogens is 1. The van der Waals surface area contributed by atoms with E-state index in [2.05, 4.69) is 30.2 Å². The van der Waals surface area contributed by atoms with Crippen LogP contribution in [-0.2, 0) is 0 Å². The topological polar surface area (TPSA) is 50.9 Å². The molecule has 1 aromatic rings. The minimum atomic E-state index is 0.123. The standard InChI is InChI=1S/C12H21N3/c1-12(2,7-8-13)11(14-3)10-6-4-5-9-15-10/h4-6,9,11,14H,7-8,13H2,1-3H3. The van der Waals surface area contributed by atoms with E-state index in [4.69, 9.17) is 5.73 Å². The minimum absolute atomic E-state index is 0.123. The zero-order chi connectivity index (χ0) is 11.3. The second-order valence-corrected chi connectivity index (χ2v) is 4.50. The summed E-state index contributed by atoms with van der Waals surface area (Å²) in [6.45, 7) is 5.14. The first kappa shape index (κ1) is 12.1. The Morgan fingerprint density at radius 3 is 2.67 bits per heavy atom. The second-order valence-electron chi connectivity index (χ2n) is 4.50. The van der Waals surface area contributed by atoms with Crippen LogP contribution in [0.5, 0.6) is 0 Å². The molecule has 0 aliphatic carbocycles. The number of rotatable bonds is 5. The summed E-state index contributed by atoms with van der Waals surface area (Å²) in [5.74, 6) is 0. The monoisotopic (exact) mass is 207 g/mol. The van der Waals surface area contributed by atoms with Crippen molar-refractivity contribution in [1.29, 1.82) is 0 Å². The van der Waals surface area contributed by atoms with E-state index in [0.717, 1.165) is 12.1 Å². The van der Waals surface area contributed by atoms with Crippen LogP contribution >= 0.6 is 0 Å². The van der Waals surface area contributed by atoms with E-state index in [0.29, 0.717) is 6.54 Å². The maximum Gasteiger partial charge on any atom is 0.0578 e. The molecule has 0 saturated carbocycles. The van der Waals surface area contributed by atoms with Crippen LogP contribution < -0.4 is 11.1 Å². The summed E-state index contributed by atoms with van der Waals surface area (Å²) in [7, 11) is 1.97.